The Morgan fingerprint density at radius 3 is 2.70 bits per heavy atom. The molecule has 0 aliphatic carbocycles. The van der Waals surface area contributed by atoms with E-state index in [1.807, 2.05) is 29.2 Å². The predicted octanol–water partition coefficient (Wildman–Crippen LogP) is 5.28. The third kappa shape index (κ3) is 4.73. The molecule has 0 saturated carbocycles. The molecule has 1 atom stereocenters. The molecule has 2 heterocycles. The third-order valence-corrected chi connectivity index (χ3v) is 5.92. The Balaban J connectivity index is 1.35. The molecule has 1 amide bonds. The van der Waals surface area contributed by atoms with Crippen LogP contribution in [0.3, 0.4) is 0 Å². The Morgan fingerprint density at radius 2 is 1.90 bits per heavy atom. The first-order valence-electron chi connectivity index (χ1n) is 10.6. The Hall–Kier alpha value is -3.08. The van der Waals surface area contributed by atoms with Crippen molar-refractivity contribution in [3.8, 4) is 5.75 Å². The van der Waals surface area contributed by atoms with Gasteiger partial charge in [0.05, 0.1) is 0 Å². The average Bonchev–Trinajstić information content (AvgIpc) is 3.10. The molecule has 1 fully saturated rings. The van der Waals surface area contributed by atoms with Crippen molar-refractivity contribution in [2.75, 3.05) is 13.1 Å². The van der Waals surface area contributed by atoms with Gasteiger partial charge in [-0.15, -0.1) is 0 Å². The van der Waals surface area contributed by atoms with E-state index in [2.05, 4.69) is 43.3 Å². The van der Waals surface area contributed by atoms with Crippen LogP contribution in [-0.2, 0) is 6.61 Å². The topological polar surface area (TPSA) is 55.6 Å². The maximum absolute atomic E-state index is 12.9. The third-order valence-electron chi connectivity index (χ3n) is 5.92. The van der Waals surface area contributed by atoms with Gasteiger partial charge in [0.15, 0.2) is 11.5 Å². The molecule has 5 heteroatoms. The van der Waals surface area contributed by atoms with Crippen LogP contribution in [0.1, 0.15) is 58.1 Å². The first kappa shape index (κ1) is 20.2. The van der Waals surface area contributed by atoms with E-state index in [-0.39, 0.29) is 12.5 Å². The molecule has 0 unspecified atom stereocenters. The summed E-state index contributed by atoms with van der Waals surface area (Å²) in [7, 11) is 0. The summed E-state index contributed by atoms with van der Waals surface area (Å²) in [5, 5.41) is 4.00. The van der Waals surface area contributed by atoms with E-state index in [0.29, 0.717) is 17.4 Å². The molecule has 4 rings (SSSR count). The van der Waals surface area contributed by atoms with Gasteiger partial charge in [-0.05, 0) is 67.9 Å². The van der Waals surface area contributed by atoms with Crippen LogP contribution in [0.4, 0.5) is 0 Å². The molecule has 1 saturated heterocycles. The molecular formula is C25H28N2O3. The van der Waals surface area contributed by atoms with Crippen LogP contribution in [0.25, 0.3) is 0 Å². The number of hydrogen-bond donors (Lipinski definition) is 0. The molecule has 0 radical (unpaired) electrons. The summed E-state index contributed by atoms with van der Waals surface area (Å²) in [5.74, 6) is 1.77. The largest absolute Gasteiger partial charge is 0.486 e. The summed E-state index contributed by atoms with van der Waals surface area (Å²) in [4.78, 5) is 14.8. The number of likely N-dealkylation sites (tertiary alicyclic amines) is 1. The Kier molecular flexibility index (Phi) is 6.17. The van der Waals surface area contributed by atoms with E-state index < -0.39 is 0 Å². The lowest BCUT2D eigenvalue weighted by molar-refractivity contribution is 0.0750. The quantitative estimate of drug-likeness (QED) is 0.580. The molecule has 156 valence electrons. The molecule has 0 spiro atoms. The molecular weight excluding hydrogens is 376 g/mol. The van der Waals surface area contributed by atoms with Crippen LogP contribution < -0.4 is 4.74 Å². The van der Waals surface area contributed by atoms with Gasteiger partial charge in [0.2, 0.25) is 0 Å². The highest BCUT2D eigenvalue weighted by Crippen LogP contribution is 2.28. The molecule has 1 aromatic heterocycles. The number of nitrogens with zero attached hydrogens (tertiary/aromatic N) is 2. The number of benzene rings is 2. The van der Waals surface area contributed by atoms with Crippen LogP contribution >= 0.6 is 0 Å². The van der Waals surface area contributed by atoms with E-state index in [1.165, 1.54) is 16.7 Å². The van der Waals surface area contributed by atoms with Crippen LogP contribution in [-0.4, -0.2) is 29.1 Å². The van der Waals surface area contributed by atoms with Gasteiger partial charge in [0.25, 0.3) is 5.91 Å². The van der Waals surface area contributed by atoms with Crippen LogP contribution in [0.15, 0.2) is 59.1 Å². The minimum atomic E-state index is -0.0649. The fourth-order valence-corrected chi connectivity index (χ4v) is 3.96. The van der Waals surface area contributed by atoms with E-state index in [0.717, 1.165) is 38.1 Å². The van der Waals surface area contributed by atoms with Crippen molar-refractivity contribution in [3.05, 3.63) is 82.7 Å². The summed E-state index contributed by atoms with van der Waals surface area (Å²) >= 11 is 0. The first-order chi connectivity index (χ1) is 14.6. The van der Waals surface area contributed by atoms with Gasteiger partial charge in [0.1, 0.15) is 12.4 Å². The zero-order chi connectivity index (χ0) is 20.9. The SMILES string of the molecule is Cc1ccc(OCc2cc(C(=O)N3CCC[C@H](c4ccccc4)CC3)no2)cc1C. The van der Waals surface area contributed by atoms with Gasteiger partial charge < -0.3 is 14.2 Å². The number of aryl methyl sites for hydroxylation is 2. The summed E-state index contributed by atoms with van der Waals surface area (Å²) < 4.78 is 11.1. The molecule has 1 aliphatic heterocycles. The van der Waals surface area contributed by atoms with Crippen LogP contribution in [0, 0.1) is 13.8 Å². The fourth-order valence-electron chi connectivity index (χ4n) is 3.96. The zero-order valence-electron chi connectivity index (χ0n) is 17.6. The number of amides is 1. The molecule has 3 aromatic rings. The van der Waals surface area contributed by atoms with E-state index in [9.17, 15) is 4.79 Å². The smallest absolute Gasteiger partial charge is 0.276 e. The van der Waals surface area contributed by atoms with Crippen LogP contribution in [0.5, 0.6) is 5.75 Å². The van der Waals surface area contributed by atoms with Crippen molar-refractivity contribution >= 4 is 5.91 Å². The predicted molar refractivity (Wildman–Crippen MR) is 116 cm³/mol. The number of rotatable bonds is 5. The number of ether oxygens (including phenoxy) is 1. The molecule has 30 heavy (non-hydrogen) atoms. The van der Waals surface area contributed by atoms with Crippen molar-refractivity contribution < 1.29 is 14.1 Å². The van der Waals surface area contributed by atoms with Gasteiger partial charge in [-0.1, -0.05) is 41.6 Å². The Bertz CT molecular complexity index is 997. The van der Waals surface area contributed by atoms with E-state index in [4.69, 9.17) is 9.26 Å². The number of hydrogen-bond acceptors (Lipinski definition) is 4. The lowest BCUT2D eigenvalue weighted by atomic mass is 9.92. The summed E-state index contributed by atoms with van der Waals surface area (Å²) in [5.41, 5.74) is 4.11. The highest BCUT2D eigenvalue weighted by molar-refractivity contribution is 5.92. The number of carbonyl (C=O) groups is 1. The maximum atomic E-state index is 12.9. The van der Waals surface area contributed by atoms with Gasteiger partial charge in [-0.2, -0.15) is 0 Å². The van der Waals surface area contributed by atoms with E-state index in [1.54, 1.807) is 6.07 Å². The zero-order valence-corrected chi connectivity index (χ0v) is 17.6. The lowest BCUT2D eigenvalue weighted by Crippen LogP contribution is -2.32. The van der Waals surface area contributed by atoms with E-state index >= 15 is 0 Å². The molecule has 5 nitrogen and oxygen atoms in total. The van der Waals surface area contributed by atoms with Crippen molar-refractivity contribution in [3.63, 3.8) is 0 Å². The van der Waals surface area contributed by atoms with Crippen LogP contribution in [0.2, 0.25) is 0 Å². The monoisotopic (exact) mass is 404 g/mol. The number of carbonyl (C=O) groups excluding carboxylic acids is 1. The second kappa shape index (κ2) is 9.16. The fraction of sp³-hybridized carbons (Fsp3) is 0.360. The maximum Gasteiger partial charge on any atom is 0.276 e. The average molecular weight is 405 g/mol. The summed E-state index contributed by atoms with van der Waals surface area (Å²) in [6.45, 7) is 5.86. The molecule has 0 bridgehead atoms. The molecule has 2 aromatic carbocycles. The van der Waals surface area contributed by atoms with Gasteiger partial charge in [0, 0.05) is 19.2 Å². The first-order valence-corrected chi connectivity index (χ1v) is 10.6. The van der Waals surface area contributed by atoms with Crippen molar-refractivity contribution in [1.29, 1.82) is 0 Å². The van der Waals surface area contributed by atoms with Gasteiger partial charge in [-0.3, -0.25) is 4.79 Å². The second-order valence-corrected chi connectivity index (χ2v) is 8.04. The lowest BCUT2D eigenvalue weighted by Gasteiger charge is -2.19. The number of aromatic nitrogens is 1. The van der Waals surface area contributed by atoms with Gasteiger partial charge in [-0.25, -0.2) is 0 Å². The highest BCUT2D eigenvalue weighted by atomic mass is 16.5. The summed E-state index contributed by atoms with van der Waals surface area (Å²) in [6, 6.07) is 18.2. The summed E-state index contributed by atoms with van der Waals surface area (Å²) in [6.07, 6.45) is 3.06. The van der Waals surface area contributed by atoms with Crippen molar-refractivity contribution in [1.82, 2.24) is 10.1 Å². The van der Waals surface area contributed by atoms with Crippen molar-refractivity contribution in [2.45, 2.75) is 45.6 Å². The minimum absolute atomic E-state index is 0.0649. The Morgan fingerprint density at radius 1 is 1.07 bits per heavy atom. The Labute approximate surface area is 177 Å². The minimum Gasteiger partial charge on any atom is -0.486 e. The second-order valence-electron chi connectivity index (χ2n) is 8.04. The standard InChI is InChI=1S/C25H28N2O3/c1-18-10-11-22(15-19(18)2)29-17-23-16-24(26-30-23)25(28)27-13-6-9-21(12-14-27)20-7-4-3-5-8-20/h3-5,7-8,10-11,15-16,21H,6,9,12-14,17H2,1-2H3/t21-/m0/s1. The van der Waals surface area contributed by atoms with Gasteiger partial charge >= 0.3 is 0 Å². The molecule has 1 aliphatic rings. The highest BCUT2D eigenvalue weighted by Gasteiger charge is 2.24. The normalized spacial score (nSPS) is 16.9. The molecule has 0 N–H and O–H groups in total. The van der Waals surface area contributed by atoms with Crippen molar-refractivity contribution in [2.24, 2.45) is 0 Å².